The molecule has 1 aliphatic heterocycles. The van der Waals surface area contributed by atoms with Gasteiger partial charge in [0.05, 0.1) is 0 Å². The minimum Gasteiger partial charge on any atom is -0.436 e. The van der Waals surface area contributed by atoms with Crippen LogP contribution in [0.15, 0.2) is 71.1 Å². The molecule has 0 unspecified atom stereocenters. The molecule has 2 amide bonds. The lowest BCUT2D eigenvalue weighted by atomic mass is 9.92. The van der Waals surface area contributed by atoms with Crippen molar-refractivity contribution in [3.8, 4) is 11.5 Å². The van der Waals surface area contributed by atoms with E-state index in [0.717, 1.165) is 24.0 Å². The van der Waals surface area contributed by atoms with E-state index in [0.29, 0.717) is 47.6 Å². The largest absolute Gasteiger partial charge is 0.436 e. The van der Waals surface area contributed by atoms with Gasteiger partial charge in [-0.15, -0.1) is 0 Å². The van der Waals surface area contributed by atoms with Crippen LogP contribution in [0.25, 0.3) is 22.6 Å². The number of oxazole rings is 1. The van der Waals surface area contributed by atoms with Crippen molar-refractivity contribution in [3.63, 3.8) is 0 Å². The van der Waals surface area contributed by atoms with Gasteiger partial charge in [0, 0.05) is 42.7 Å². The highest BCUT2D eigenvalue weighted by Gasteiger charge is 2.25. The van der Waals surface area contributed by atoms with E-state index in [-0.39, 0.29) is 30.1 Å². The van der Waals surface area contributed by atoms with Crippen LogP contribution in [0.2, 0.25) is 0 Å². The van der Waals surface area contributed by atoms with Crippen LogP contribution in [0.4, 0.5) is 4.39 Å². The second-order valence-electron chi connectivity index (χ2n) is 9.38. The number of fused-ring (bicyclic) bond motifs is 1. The third kappa shape index (κ3) is 5.30. The summed E-state index contributed by atoms with van der Waals surface area (Å²) in [5.74, 6) is 0.274. The Hall–Kier alpha value is -4.00. The number of aryl methyl sites for hydroxylation is 1. The maximum atomic E-state index is 13.7. The van der Waals surface area contributed by atoms with Crippen molar-refractivity contribution in [3.05, 3.63) is 89.2 Å². The number of nitrogens with one attached hydrogen (secondary N) is 1. The predicted molar refractivity (Wildman–Crippen MR) is 136 cm³/mol. The Morgan fingerprint density at radius 1 is 1.06 bits per heavy atom. The molecule has 36 heavy (non-hydrogen) atoms. The second-order valence-corrected chi connectivity index (χ2v) is 9.38. The Balaban J connectivity index is 1.16. The third-order valence-corrected chi connectivity index (χ3v) is 6.74. The van der Waals surface area contributed by atoms with Crippen LogP contribution in [0.1, 0.15) is 40.7 Å². The highest BCUT2D eigenvalue weighted by molar-refractivity contribution is 5.97. The normalized spacial score (nSPS) is 14.2. The zero-order chi connectivity index (χ0) is 25.1. The highest BCUT2D eigenvalue weighted by Crippen LogP contribution is 2.27. The number of aromatic nitrogens is 1. The lowest BCUT2D eigenvalue weighted by molar-refractivity contribution is -0.122. The lowest BCUT2D eigenvalue weighted by Crippen LogP contribution is -2.39. The number of carbonyl (C=O) groups excluding carboxylic acids is 2. The van der Waals surface area contributed by atoms with Crippen LogP contribution in [-0.2, 0) is 11.3 Å². The number of carbonyl (C=O) groups is 2. The summed E-state index contributed by atoms with van der Waals surface area (Å²) in [4.78, 5) is 31.9. The van der Waals surface area contributed by atoms with Gasteiger partial charge in [-0.1, -0.05) is 35.9 Å². The van der Waals surface area contributed by atoms with Gasteiger partial charge in [-0.25, -0.2) is 9.37 Å². The standard InChI is InChI=1S/C29H28FN3O3/c1-19-6-8-21(9-7-19)28-32-25-17-22(10-11-26(25)36-28)29(35)33-14-12-20(13-15-33)16-27(34)31-18-23-4-2-3-5-24(23)30/h2-11,17,20H,12-16,18H2,1H3,(H,31,34). The molecule has 1 aliphatic rings. The number of amides is 2. The van der Waals surface area contributed by atoms with Crippen LogP contribution in [0.3, 0.4) is 0 Å². The van der Waals surface area contributed by atoms with Crippen molar-refractivity contribution in [2.24, 2.45) is 5.92 Å². The molecule has 1 fully saturated rings. The molecule has 7 heteroatoms. The zero-order valence-electron chi connectivity index (χ0n) is 20.2. The second kappa shape index (κ2) is 10.3. The number of piperidine rings is 1. The molecule has 0 aliphatic carbocycles. The lowest BCUT2D eigenvalue weighted by Gasteiger charge is -2.31. The Morgan fingerprint density at radius 2 is 1.81 bits per heavy atom. The highest BCUT2D eigenvalue weighted by atomic mass is 19.1. The quantitative estimate of drug-likeness (QED) is 0.391. The Morgan fingerprint density at radius 3 is 2.56 bits per heavy atom. The number of likely N-dealkylation sites (tertiary alicyclic amines) is 1. The summed E-state index contributed by atoms with van der Waals surface area (Å²) in [5.41, 5.74) is 4.40. The first kappa shape index (κ1) is 23.7. The van der Waals surface area contributed by atoms with Gasteiger partial charge in [-0.3, -0.25) is 9.59 Å². The molecule has 1 aromatic heterocycles. The maximum absolute atomic E-state index is 13.7. The number of hydrogen-bond donors (Lipinski definition) is 1. The predicted octanol–water partition coefficient (Wildman–Crippen LogP) is 5.50. The van der Waals surface area contributed by atoms with Crippen molar-refractivity contribution >= 4 is 22.9 Å². The monoisotopic (exact) mass is 485 g/mol. The maximum Gasteiger partial charge on any atom is 0.253 e. The van der Waals surface area contributed by atoms with Gasteiger partial charge in [-0.2, -0.15) is 0 Å². The smallest absolute Gasteiger partial charge is 0.253 e. The molecule has 6 nitrogen and oxygen atoms in total. The average molecular weight is 486 g/mol. The van der Waals surface area contributed by atoms with Gasteiger partial charge >= 0.3 is 0 Å². The minimum atomic E-state index is -0.320. The molecule has 1 saturated heterocycles. The molecule has 0 atom stereocenters. The Bertz CT molecular complexity index is 1390. The van der Waals surface area contributed by atoms with E-state index in [1.54, 1.807) is 36.4 Å². The van der Waals surface area contributed by atoms with Gasteiger partial charge in [0.25, 0.3) is 5.91 Å². The Labute approximate surface area is 209 Å². The number of halogens is 1. The first-order valence-corrected chi connectivity index (χ1v) is 12.2. The molecule has 2 heterocycles. The first-order valence-electron chi connectivity index (χ1n) is 12.2. The van der Waals surface area contributed by atoms with Gasteiger partial charge in [0.2, 0.25) is 11.8 Å². The van der Waals surface area contributed by atoms with Crippen LogP contribution in [0.5, 0.6) is 0 Å². The van der Waals surface area contributed by atoms with E-state index >= 15 is 0 Å². The van der Waals surface area contributed by atoms with E-state index in [4.69, 9.17) is 4.42 Å². The SMILES string of the molecule is Cc1ccc(-c2nc3cc(C(=O)N4CCC(CC(=O)NCc5ccccc5F)CC4)ccc3o2)cc1. The zero-order valence-corrected chi connectivity index (χ0v) is 20.2. The topological polar surface area (TPSA) is 75.4 Å². The van der Waals surface area contributed by atoms with Crippen LogP contribution < -0.4 is 5.32 Å². The van der Waals surface area contributed by atoms with Gasteiger partial charge in [0.15, 0.2) is 5.58 Å². The van der Waals surface area contributed by atoms with Crippen molar-refractivity contribution in [2.75, 3.05) is 13.1 Å². The molecule has 184 valence electrons. The molecule has 0 radical (unpaired) electrons. The van der Waals surface area contributed by atoms with E-state index in [1.807, 2.05) is 36.1 Å². The summed E-state index contributed by atoms with van der Waals surface area (Å²) >= 11 is 0. The molecule has 1 N–H and O–H groups in total. The van der Waals surface area contributed by atoms with Crippen LogP contribution >= 0.6 is 0 Å². The van der Waals surface area contributed by atoms with E-state index in [1.165, 1.54) is 6.07 Å². The molecule has 0 saturated carbocycles. The Kier molecular flexibility index (Phi) is 6.80. The molecular weight excluding hydrogens is 457 g/mol. The molecule has 0 bridgehead atoms. The average Bonchev–Trinajstić information content (AvgIpc) is 3.32. The van der Waals surface area contributed by atoms with Crippen LogP contribution in [0, 0.1) is 18.7 Å². The van der Waals surface area contributed by atoms with E-state index in [2.05, 4.69) is 10.3 Å². The van der Waals surface area contributed by atoms with Crippen molar-refractivity contribution in [1.29, 1.82) is 0 Å². The summed E-state index contributed by atoms with van der Waals surface area (Å²) in [7, 11) is 0. The number of rotatable bonds is 6. The van der Waals surface area contributed by atoms with Crippen LogP contribution in [-0.4, -0.2) is 34.8 Å². The summed E-state index contributed by atoms with van der Waals surface area (Å²) in [6, 6.07) is 19.7. The van der Waals surface area contributed by atoms with E-state index in [9.17, 15) is 14.0 Å². The van der Waals surface area contributed by atoms with Crippen molar-refractivity contribution in [2.45, 2.75) is 32.7 Å². The number of nitrogens with zero attached hydrogens (tertiary/aromatic N) is 2. The molecule has 3 aromatic carbocycles. The fourth-order valence-corrected chi connectivity index (χ4v) is 4.57. The summed E-state index contributed by atoms with van der Waals surface area (Å²) in [6.07, 6.45) is 1.88. The first-order chi connectivity index (χ1) is 17.5. The molecule has 0 spiro atoms. The molecule has 4 aromatic rings. The fraction of sp³-hybridized carbons (Fsp3) is 0.276. The van der Waals surface area contributed by atoms with Gasteiger partial charge in [-0.05, 0) is 62.1 Å². The van der Waals surface area contributed by atoms with Crippen molar-refractivity contribution < 1.29 is 18.4 Å². The minimum absolute atomic E-state index is 0.0424. The number of benzene rings is 3. The fourth-order valence-electron chi connectivity index (χ4n) is 4.57. The molecular formula is C29H28FN3O3. The van der Waals surface area contributed by atoms with Crippen molar-refractivity contribution in [1.82, 2.24) is 15.2 Å². The third-order valence-electron chi connectivity index (χ3n) is 6.74. The summed E-state index contributed by atoms with van der Waals surface area (Å²) in [5, 5.41) is 2.81. The number of hydrogen-bond acceptors (Lipinski definition) is 4. The summed E-state index contributed by atoms with van der Waals surface area (Å²) in [6.45, 7) is 3.39. The molecule has 5 rings (SSSR count). The van der Waals surface area contributed by atoms with Gasteiger partial charge in [0.1, 0.15) is 11.3 Å². The van der Waals surface area contributed by atoms with Gasteiger partial charge < -0.3 is 14.6 Å². The summed E-state index contributed by atoms with van der Waals surface area (Å²) < 4.78 is 19.6. The van der Waals surface area contributed by atoms with E-state index < -0.39 is 0 Å².